The third-order valence-electron chi connectivity index (χ3n) is 4.46. The van der Waals surface area contributed by atoms with Crippen LogP contribution in [0.25, 0.3) is 0 Å². The van der Waals surface area contributed by atoms with Crippen molar-refractivity contribution in [2.75, 3.05) is 11.4 Å². The Balaban J connectivity index is 1.86. The summed E-state index contributed by atoms with van der Waals surface area (Å²) in [6.45, 7) is 3.05. The molecule has 92 valence electrons. The Morgan fingerprint density at radius 3 is 2.53 bits per heavy atom. The zero-order valence-electron chi connectivity index (χ0n) is 10.6. The van der Waals surface area contributed by atoms with Crippen molar-refractivity contribution in [3.8, 4) is 0 Å². The maximum Gasteiger partial charge on any atom is 0.0373 e. The molecule has 3 rings (SSSR count). The highest BCUT2D eigenvalue weighted by Gasteiger charge is 2.40. The first-order chi connectivity index (χ1) is 8.28. The van der Waals surface area contributed by atoms with Gasteiger partial charge in [0.2, 0.25) is 0 Å². The quantitative estimate of drug-likeness (QED) is 0.846. The normalized spacial score (nSPS) is 31.9. The first-order valence-electron chi connectivity index (χ1n) is 6.83. The topological polar surface area (TPSA) is 29.3 Å². The Morgan fingerprint density at radius 2 is 1.94 bits per heavy atom. The molecule has 0 amide bonds. The van der Waals surface area contributed by atoms with Crippen LogP contribution >= 0.6 is 0 Å². The largest absolute Gasteiger partial charge is 0.366 e. The molecule has 1 aromatic rings. The van der Waals surface area contributed by atoms with Gasteiger partial charge in [0.15, 0.2) is 0 Å². The molecule has 2 nitrogen and oxygen atoms in total. The molecule has 0 aliphatic carbocycles. The molecule has 2 heterocycles. The number of piperidine rings is 1. The lowest BCUT2D eigenvalue weighted by molar-refractivity contribution is 0.347. The fraction of sp³-hybridized carbons (Fsp3) is 0.600. The van der Waals surface area contributed by atoms with Gasteiger partial charge in [0.05, 0.1) is 0 Å². The summed E-state index contributed by atoms with van der Waals surface area (Å²) < 4.78 is 0. The Kier molecular flexibility index (Phi) is 2.83. The minimum absolute atomic E-state index is 0.740. The first-order valence-corrected chi connectivity index (χ1v) is 6.83. The lowest BCUT2D eigenvalue weighted by Crippen LogP contribution is -2.44. The van der Waals surface area contributed by atoms with Gasteiger partial charge < -0.3 is 10.6 Å². The van der Waals surface area contributed by atoms with Gasteiger partial charge >= 0.3 is 0 Å². The van der Waals surface area contributed by atoms with Crippen LogP contribution in [0, 0.1) is 12.8 Å². The smallest absolute Gasteiger partial charge is 0.0373 e. The van der Waals surface area contributed by atoms with Gasteiger partial charge in [0, 0.05) is 17.8 Å². The van der Waals surface area contributed by atoms with Crippen LogP contribution in [0.5, 0.6) is 0 Å². The Labute approximate surface area is 104 Å². The zero-order valence-corrected chi connectivity index (χ0v) is 10.6. The van der Waals surface area contributed by atoms with Crippen molar-refractivity contribution in [2.24, 2.45) is 11.7 Å². The predicted octanol–water partition coefficient (Wildman–Crippen LogP) is 2.70. The summed E-state index contributed by atoms with van der Waals surface area (Å²) in [6, 6.07) is 10.4. The standard InChI is InChI=1S/C15H22N2/c1-11-3-2-4-13(7-11)17-14-5-6-15(17)9-12(8-14)10-16/h2-4,7,12,14-15H,5-6,8-10,16H2,1H3. The van der Waals surface area contributed by atoms with Gasteiger partial charge in [-0.1, -0.05) is 12.1 Å². The van der Waals surface area contributed by atoms with E-state index in [9.17, 15) is 0 Å². The van der Waals surface area contributed by atoms with E-state index < -0.39 is 0 Å². The highest BCUT2D eigenvalue weighted by Crippen LogP contribution is 2.41. The van der Waals surface area contributed by atoms with E-state index in [0.29, 0.717) is 0 Å². The molecule has 2 fully saturated rings. The monoisotopic (exact) mass is 230 g/mol. The number of rotatable bonds is 2. The van der Waals surface area contributed by atoms with Crippen molar-refractivity contribution in [1.82, 2.24) is 0 Å². The predicted molar refractivity (Wildman–Crippen MR) is 72.2 cm³/mol. The van der Waals surface area contributed by atoms with E-state index >= 15 is 0 Å². The number of fused-ring (bicyclic) bond motifs is 2. The van der Waals surface area contributed by atoms with E-state index in [1.54, 1.807) is 0 Å². The molecule has 1 aromatic carbocycles. The lowest BCUT2D eigenvalue weighted by Gasteiger charge is -2.40. The van der Waals surface area contributed by atoms with Crippen LogP contribution in [-0.2, 0) is 0 Å². The number of aryl methyl sites for hydroxylation is 1. The molecule has 2 saturated heterocycles. The summed E-state index contributed by atoms with van der Waals surface area (Å²) in [5.41, 5.74) is 8.63. The fourth-order valence-corrected chi connectivity index (χ4v) is 3.69. The molecule has 0 saturated carbocycles. The van der Waals surface area contributed by atoms with Crippen molar-refractivity contribution < 1.29 is 0 Å². The van der Waals surface area contributed by atoms with E-state index in [2.05, 4.69) is 36.1 Å². The highest BCUT2D eigenvalue weighted by molar-refractivity contribution is 5.52. The van der Waals surface area contributed by atoms with E-state index in [1.807, 2.05) is 0 Å². The van der Waals surface area contributed by atoms with E-state index in [1.165, 1.54) is 36.9 Å². The fourth-order valence-electron chi connectivity index (χ4n) is 3.69. The highest BCUT2D eigenvalue weighted by atomic mass is 15.2. The molecule has 0 spiro atoms. The Morgan fingerprint density at radius 1 is 1.24 bits per heavy atom. The van der Waals surface area contributed by atoms with Crippen LogP contribution in [0.3, 0.4) is 0 Å². The first kappa shape index (κ1) is 11.1. The summed E-state index contributed by atoms with van der Waals surface area (Å²) in [7, 11) is 0. The third kappa shape index (κ3) is 1.95. The van der Waals surface area contributed by atoms with Crippen LogP contribution in [0.15, 0.2) is 24.3 Å². The minimum Gasteiger partial charge on any atom is -0.366 e. The minimum atomic E-state index is 0.740. The van der Waals surface area contributed by atoms with Gasteiger partial charge in [0.1, 0.15) is 0 Å². The van der Waals surface area contributed by atoms with Crippen LogP contribution in [0.2, 0.25) is 0 Å². The number of nitrogens with zero attached hydrogens (tertiary/aromatic N) is 1. The van der Waals surface area contributed by atoms with Gasteiger partial charge in [-0.05, 0) is 62.8 Å². The molecule has 0 aromatic heterocycles. The second-order valence-electron chi connectivity index (χ2n) is 5.70. The second-order valence-corrected chi connectivity index (χ2v) is 5.70. The summed E-state index contributed by atoms with van der Waals surface area (Å²) >= 11 is 0. The molecular weight excluding hydrogens is 208 g/mol. The van der Waals surface area contributed by atoms with Crippen molar-refractivity contribution in [2.45, 2.75) is 44.7 Å². The Bertz CT molecular complexity index is 388. The summed E-state index contributed by atoms with van der Waals surface area (Å²) in [5.74, 6) is 0.758. The summed E-state index contributed by atoms with van der Waals surface area (Å²) in [4.78, 5) is 2.67. The summed E-state index contributed by atoms with van der Waals surface area (Å²) in [6.07, 6.45) is 5.30. The van der Waals surface area contributed by atoms with E-state index in [4.69, 9.17) is 5.73 Å². The van der Waals surface area contributed by atoms with Gasteiger partial charge in [-0.25, -0.2) is 0 Å². The van der Waals surface area contributed by atoms with Crippen molar-refractivity contribution in [3.05, 3.63) is 29.8 Å². The van der Waals surface area contributed by atoms with Crippen LogP contribution in [0.4, 0.5) is 5.69 Å². The molecule has 2 aliphatic rings. The number of benzene rings is 1. The molecule has 2 heteroatoms. The van der Waals surface area contributed by atoms with Crippen molar-refractivity contribution in [3.63, 3.8) is 0 Å². The van der Waals surface area contributed by atoms with Gasteiger partial charge in [-0.3, -0.25) is 0 Å². The van der Waals surface area contributed by atoms with Crippen LogP contribution in [-0.4, -0.2) is 18.6 Å². The second kappa shape index (κ2) is 4.34. The van der Waals surface area contributed by atoms with E-state index in [0.717, 1.165) is 24.5 Å². The average Bonchev–Trinajstić information content (AvgIpc) is 2.60. The van der Waals surface area contributed by atoms with Crippen molar-refractivity contribution in [1.29, 1.82) is 0 Å². The zero-order chi connectivity index (χ0) is 11.8. The maximum atomic E-state index is 5.85. The summed E-state index contributed by atoms with van der Waals surface area (Å²) in [5, 5.41) is 0. The molecule has 0 radical (unpaired) electrons. The van der Waals surface area contributed by atoms with Crippen LogP contribution in [0.1, 0.15) is 31.2 Å². The Hall–Kier alpha value is -1.02. The number of hydrogen-bond donors (Lipinski definition) is 1. The van der Waals surface area contributed by atoms with Gasteiger partial charge in [-0.2, -0.15) is 0 Å². The van der Waals surface area contributed by atoms with E-state index in [-0.39, 0.29) is 0 Å². The molecule has 2 unspecified atom stereocenters. The van der Waals surface area contributed by atoms with Gasteiger partial charge in [-0.15, -0.1) is 0 Å². The lowest BCUT2D eigenvalue weighted by atomic mass is 9.90. The molecule has 2 aliphatic heterocycles. The number of hydrogen-bond acceptors (Lipinski definition) is 2. The maximum absolute atomic E-state index is 5.85. The molecular formula is C15H22N2. The van der Waals surface area contributed by atoms with Crippen molar-refractivity contribution >= 4 is 5.69 Å². The number of anilines is 1. The van der Waals surface area contributed by atoms with Crippen LogP contribution < -0.4 is 10.6 Å². The molecule has 2 atom stereocenters. The molecule has 2 N–H and O–H groups in total. The average molecular weight is 230 g/mol. The molecule has 17 heavy (non-hydrogen) atoms. The molecule has 2 bridgehead atoms. The third-order valence-corrected chi connectivity index (χ3v) is 4.46. The van der Waals surface area contributed by atoms with Gasteiger partial charge in [0.25, 0.3) is 0 Å². The SMILES string of the molecule is Cc1cccc(N2C3CCC2CC(CN)C3)c1. The number of nitrogens with two attached hydrogens (primary N) is 1.